The molecule has 1 amide bonds. The number of carbonyl (C=O) groups is 2. The highest BCUT2D eigenvalue weighted by atomic mass is 16.5. The zero-order valence-electron chi connectivity index (χ0n) is 11.5. The maximum atomic E-state index is 11.8. The number of aryl methyl sites for hydroxylation is 1. The fraction of sp³-hybridized carbons (Fsp3) is 0.538. The monoisotopic (exact) mass is 282 g/mol. The fourth-order valence-electron chi connectivity index (χ4n) is 2.27. The van der Waals surface area contributed by atoms with E-state index in [0.29, 0.717) is 37.6 Å². The van der Waals surface area contributed by atoms with Crippen molar-refractivity contribution < 1.29 is 23.8 Å². The van der Waals surface area contributed by atoms with Gasteiger partial charge in [0, 0.05) is 19.2 Å². The van der Waals surface area contributed by atoms with Crippen LogP contribution in [0.2, 0.25) is 0 Å². The van der Waals surface area contributed by atoms with Gasteiger partial charge in [-0.2, -0.15) is 0 Å². The third kappa shape index (κ3) is 3.00. The number of carboxylic acid groups (broad SMARTS) is 1. The molecule has 110 valence electrons. The first-order valence-corrected chi connectivity index (χ1v) is 6.39. The van der Waals surface area contributed by atoms with Gasteiger partial charge in [0.2, 0.25) is 11.7 Å². The number of morpholine rings is 1. The number of hydrogen-bond donors (Lipinski definition) is 2. The van der Waals surface area contributed by atoms with Crippen molar-refractivity contribution in [2.45, 2.75) is 19.5 Å². The number of ether oxygens (including phenoxy) is 1. The summed E-state index contributed by atoms with van der Waals surface area (Å²) in [5.41, 5.74) is 0.581. The average Bonchev–Trinajstić information content (AvgIpc) is 2.79. The number of nitrogens with zero attached hydrogens (tertiary/aromatic N) is 1. The Morgan fingerprint density at radius 1 is 1.55 bits per heavy atom. The van der Waals surface area contributed by atoms with E-state index in [-0.39, 0.29) is 17.7 Å². The zero-order chi connectivity index (χ0) is 14.7. The number of carbonyl (C=O) groups excluding carboxylic acids is 1. The van der Waals surface area contributed by atoms with Crippen molar-refractivity contribution in [3.05, 3.63) is 23.2 Å². The lowest BCUT2D eigenvalue weighted by atomic mass is 10.2. The maximum absolute atomic E-state index is 11.8. The van der Waals surface area contributed by atoms with Gasteiger partial charge in [0.05, 0.1) is 19.8 Å². The summed E-state index contributed by atoms with van der Waals surface area (Å²) in [4.78, 5) is 24.7. The molecular formula is C13H18N2O5. The molecule has 0 bridgehead atoms. The molecule has 0 aromatic carbocycles. The van der Waals surface area contributed by atoms with Crippen molar-refractivity contribution >= 4 is 11.9 Å². The first-order valence-electron chi connectivity index (χ1n) is 6.39. The van der Waals surface area contributed by atoms with E-state index in [9.17, 15) is 9.59 Å². The number of furan rings is 1. The second-order valence-corrected chi connectivity index (χ2v) is 4.71. The number of amides is 1. The smallest absolute Gasteiger partial charge is 0.372 e. The maximum Gasteiger partial charge on any atom is 0.372 e. The lowest BCUT2D eigenvalue weighted by Gasteiger charge is -2.33. The molecule has 0 spiro atoms. The van der Waals surface area contributed by atoms with Gasteiger partial charge in [-0.15, -0.1) is 0 Å². The molecule has 2 rings (SSSR count). The van der Waals surface area contributed by atoms with Gasteiger partial charge in [0.1, 0.15) is 11.8 Å². The molecule has 1 aromatic rings. The predicted octanol–water partition coefficient (Wildman–Crippen LogP) is 0.233. The molecule has 7 heteroatoms. The summed E-state index contributed by atoms with van der Waals surface area (Å²) in [5.74, 6) is -0.717. The molecule has 1 aliphatic rings. The quantitative estimate of drug-likeness (QED) is 0.821. The van der Waals surface area contributed by atoms with Gasteiger partial charge in [-0.3, -0.25) is 9.69 Å². The zero-order valence-corrected chi connectivity index (χ0v) is 11.5. The summed E-state index contributed by atoms with van der Waals surface area (Å²) in [6, 6.07) is 1.31. The van der Waals surface area contributed by atoms with Crippen LogP contribution in [0.5, 0.6) is 0 Å². The van der Waals surface area contributed by atoms with Crippen molar-refractivity contribution in [2.75, 3.05) is 26.8 Å². The highest BCUT2D eigenvalue weighted by molar-refractivity contribution is 5.86. The van der Waals surface area contributed by atoms with Crippen molar-refractivity contribution in [1.29, 1.82) is 0 Å². The van der Waals surface area contributed by atoms with Gasteiger partial charge >= 0.3 is 5.97 Å². The van der Waals surface area contributed by atoms with Crippen LogP contribution < -0.4 is 5.32 Å². The second kappa shape index (κ2) is 6.06. The lowest BCUT2D eigenvalue weighted by Crippen LogP contribution is -2.52. The standard InChI is InChI=1S/C13H18N2O5/c1-8-5-9(20-11(8)13(17)18)6-15-3-4-19-7-10(15)12(16)14-2/h5,10H,3-4,6-7H2,1-2H3,(H,14,16)(H,17,18). The summed E-state index contributed by atoms with van der Waals surface area (Å²) in [6.07, 6.45) is 0. The van der Waals surface area contributed by atoms with Crippen molar-refractivity contribution in [3.8, 4) is 0 Å². The summed E-state index contributed by atoms with van der Waals surface area (Å²) < 4.78 is 10.6. The molecule has 7 nitrogen and oxygen atoms in total. The third-order valence-corrected chi connectivity index (χ3v) is 3.31. The number of nitrogens with one attached hydrogen (secondary N) is 1. The highest BCUT2D eigenvalue weighted by Gasteiger charge is 2.29. The van der Waals surface area contributed by atoms with E-state index in [1.165, 1.54) is 0 Å². The number of carboxylic acids is 1. The average molecular weight is 282 g/mol. The lowest BCUT2D eigenvalue weighted by molar-refractivity contribution is -0.132. The van der Waals surface area contributed by atoms with Crippen LogP contribution in [-0.2, 0) is 16.1 Å². The predicted molar refractivity (Wildman–Crippen MR) is 69.5 cm³/mol. The Kier molecular flexibility index (Phi) is 4.41. The van der Waals surface area contributed by atoms with Crippen LogP contribution in [-0.4, -0.2) is 54.7 Å². The summed E-state index contributed by atoms with van der Waals surface area (Å²) >= 11 is 0. The van der Waals surface area contributed by atoms with Crippen LogP contribution in [0.3, 0.4) is 0 Å². The SMILES string of the molecule is CNC(=O)C1COCCN1Cc1cc(C)c(C(=O)O)o1. The molecule has 1 atom stereocenters. The first kappa shape index (κ1) is 14.5. The van der Waals surface area contributed by atoms with Crippen LogP contribution in [0.1, 0.15) is 21.9 Å². The van der Waals surface area contributed by atoms with Crippen LogP contribution in [0.4, 0.5) is 0 Å². The van der Waals surface area contributed by atoms with E-state index >= 15 is 0 Å². The van der Waals surface area contributed by atoms with E-state index in [0.717, 1.165) is 0 Å². The van der Waals surface area contributed by atoms with Gasteiger partial charge in [0.25, 0.3) is 0 Å². The molecule has 1 saturated heterocycles. The fourth-order valence-corrected chi connectivity index (χ4v) is 2.27. The Morgan fingerprint density at radius 2 is 2.30 bits per heavy atom. The topological polar surface area (TPSA) is 92.0 Å². The molecule has 0 saturated carbocycles. The third-order valence-electron chi connectivity index (χ3n) is 3.31. The van der Waals surface area contributed by atoms with Crippen LogP contribution in [0.15, 0.2) is 10.5 Å². The molecule has 0 radical (unpaired) electrons. The van der Waals surface area contributed by atoms with Gasteiger partial charge < -0.3 is 19.6 Å². The van der Waals surface area contributed by atoms with Crippen LogP contribution >= 0.6 is 0 Å². The molecule has 2 N–H and O–H groups in total. The van der Waals surface area contributed by atoms with E-state index in [1.807, 2.05) is 4.90 Å². The van der Waals surface area contributed by atoms with Gasteiger partial charge in [-0.25, -0.2) is 4.79 Å². The summed E-state index contributed by atoms with van der Waals surface area (Å²) in [7, 11) is 1.58. The minimum absolute atomic E-state index is 0.0512. The molecule has 1 fully saturated rings. The first-order chi connectivity index (χ1) is 9.52. The largest absolute Gasteiger partial charge is 0.475 e. The van der Waals surface area contributed by atoms with Gasteiger partial charge in [0.15, 0.2) is 0 Å². The molecule has 20 heavy (non-hydrogen) atoms. The minimum atomic E-state index is -1.08. The van der Waals surface area contributed by atoms with Crippen LogP contribution in [0, 0.1) is 6.92 Å². The molecule has 1 aliphatic heterocycles. The molecule has 1 aromatic heterocycles. The van der Waals surface area contributed by atoms with Crippen molar-refractivity contribution in [2.24, 2.45) is 0 Å². The highest BCUT2D eigenvalue weighted by Crippen LogP contribution is 2.18. The Hall–Kier alpha value is -1.86. The molecule has 2 heterocycles. The number of aromatic carboxylic acids is 1. The van der Waals surface area contributed by atoms with E-state index in [2.05, 4.69) is 5.32 Å². The summed E-state index contributed by atoms with van der Waals surface area (Å²) in [5, 5.41) is 11.6. The summed E-state index contributed by atoms with van der Waals surface area (Å²) in [6.45, 7) is 3.53. The number of hydrogen-bond acceptors (Lipinski definition) is 5. The van der Waals surface area contributed by atoms with Gasteiger partial charge in [-0.05, 0) is 13.0 Å². The van der Waals surface area contributed by atoms with E-state index < -0.39 is 5.97 Å². The normalized spacial score (nSPS) is 19.8. The molecular weight excluding hydrogens is 264 g/mol. The Bertz CT molecular complexity index is 511. The minimum Gasteiger partial charge on any atom is -0.475 e. The Balaban J connectivity index is 2.12. The number of likely N-dealkylation sites (N-methyl/N-ethyl adjacent to an activating group) is 1. The van der Waals surface area contributed by atoms with E-state index in [4.69, 9.17) is 14.3 Å². The Labute approximate surface area is 116 Å². The molecule has 1 unspecified atom stereocenters. The van der Waals surface area contributed by atoms with Crippen molar-refractivity contribution in [1.82, 2.24) is 10.2 Å². The number of rotatable bonds is 4. The molecule has 0 aliphatic carbocycles. The Morgan fingerprint density at radius 3 is 2.90 bits per heavy atom. The van der Waals surface area contributed by atoms with Crippen LogP contribution in [0.25, 0.3) is 0 Å². The van der Waals surface area contributed by atoms with Gasteiger partial charge in [-0.1, -0.05) is 0 Å². The van der Waals surface area contributed by atoms with Crippen molar-refractivity contribution in [3.63, 3.8) is 0 Å². The van der Waals surface area contributed by atoms with E-state index in [1.54, 1.807) is 20.0 Å². The second-order valence-electron chi connectivity index (χ2n) is 4.71.